The molecule has 2 aromatic rings. The Kier molecular flexibility index (Phi) is 5.52. The van der Waals surface area contributed by atoms with Crippen molar-refractivity contribution >= 4 is 55.8 Å². The van der Waals surface area contributed by atoms with Gasteiger partial charge in [0.25, 0.3) is 10.0 Å². The summed E-state index contributed by atoms with van der Waals surface area (Å²) in [4.78, 5) is 10.9. The highest BCUT2D eigenvalue weighted by Gasteiger charge is 2.29. The Morgan fingerprint density at radius 1 is 1.13 bits per heavy atom. The first-order valence-electron chi connectivity index (χ1n) is 6.13. The van der Waals surface area contributed by atoms with E-state index < -0.39 is 27.6 Å². The highest BCUT2D eigenvalue weighted by Crippen LogP contribution is 2.30. The summed E-state index contributed by atoms with van der Waals surface area (Å²) in [6.07, 6.45) is 0. The van der Waals surface area contributed by atoms with Crippen LogP contribution in [-0.4, -0.2) is 20.2 Å². The van der Waals surface area contributed by atoms with E-state index in [2.05, 4.69) is 0 Å². The van der Waals surface area contributed by atoms with Gasteiger partial charge in [0.05, 0.1) is 10.7 Å². The molecule has 0 bridgehead atoms. The van der Waals surface area contributed by atoms with Crippen molar-refractivity contribution < 1.29 is 17.6 Å². The number of anilines is 1. The van der Waals surface area contributed by atoms with Crippen molar-refractivity contribution in [2.75, 3.05) is 10.8 Å². The first kappa shape index (κ1) is 18.0. The van der Waals surface area contributed by atoms with Crippen LogP contribution < -0.4 is 4.31 Å². The summed E-state index contributed by atoms with van der Waals surface area (Å²) < 4.78 is 39.7. The average molecular weight is 397 g/mol. The van der Waals surface area contributed by atoms with Gasteiger partial charge in [-0.3, -0.25) is 9.10 Å². The highest BCUT2D eigenvalue weighted by atomic mass is 35.5. The van der Waals surface area contributed by atoms with Crippen LogP contribution in [0.15, 0.2) is 47.4 Å². The van der Waals surface area contributed by atoms with E-state index in [1.807, 2.05) is 0 Å². The second kappa shape index (κ2) is 7.05. The zero-order valence-corrected chi connectivity index (χ0v) is 14.4. The van der Waals surface area contributed by atoms with E-state index in [0.29, 0.717) is 4.31 Å². The van der Waals surface area contributed by atoms with Gasteiger partial charge < -0.3 is 0 Å². The lowest BCUT2D eigenvalue weighted by atomic mass is 10.3. The maximum Gasteiger partial charge on any atom is 0.266 e. The van der Waals surface area contributed by atoms with E-state index in [1.165, 1.54) is 24.3 Å². The van der Waals surface area contributed by atoms with E-state index in [-0.39, 0.29) is 20.6 Å². The lowest BCUT2D eigenvalue weighted by Gasteiger charge is -2.23. The highest BCUT2D eigenvalue weighted by molar-refractivity contribution is 7.93. The van der Waals surface area contributed by atoms with Gasteiger partial charge in [-0.15, -0.1) is 0 Å². The molecule has 2 aromatic carbocycles. The molecule has 0 fully saturated rings. The Bertz CT molecular complexity index is 858. The first-order valence-corrected chi connectivity index (χ1v) is 8.71. The topological polar surface area (TPSA) is 54.5 Å². The predicted molar refractivity (Wildman–Crippen MR) is 88.3 cm³/mol. The van der Waals surface area contributed by atoms with Crippen LogP contribution in [0.25, 0.3) is 0 Å². The molecule has 0 radical (unpaired) electrons. The standard InChI is InChI=1S/C14H9Cl3FNO3S/c15-9-4-5-12(16)13(6-9)23(21,22)19(8-14(17)20)11-3-1-2-10(18)7-11/h1-7H,8H2. The molecule has 0 heterocycles. The zero-order valence-electron chi connectivity index (χ0n) is 11.3. The Labute approximate surface area is 147 Å². The minimum Gasteiger partial charge on any atom is -0.279 e. The summed E-state index contributed by atoms with van der Waals surface area (Å²) in [6.45, 7) is -0.684. The van der Waals surface area contributed by atoms with Crippen LogP contribution >= 0.6 is 34.8 Å². The summed E-state index contributed by atoms with van der Waals surface area (Å²) in [5, 5.41) is -0.877. The molecule has 0 amide bonds. The van der Waals surface area contributed by atoms with Gasteiger partial charge in [-0.1, -0.05) is 29.3 Å². The Hall–Kier alpha value is -1.34. The smallest absolute Gasteiger partial charge is 0.266 e. The Morgan fingerprint density at radius 2 is 1.83 bits per heavy atom. The summed E-state index contributed by atoms with van der Waals surface area (Å²) in [5.74, 6) is -0.665. The second-order valence-corrected chi connectivity index (χ2v) is 7.52. The van der Waals surface area contributed by atoms with Gasteiger partial charge in [0.1, 0.15) is 17.3 Å². The fourth-order valence-electron chi connectivity index (χ4n) is 1.85. The number of hydrogen-bond acceptors (Lipinski definition) is 3. The summed E-state index contributed by atoms with van der Waals surface area (Å²) in [5.41, 5.74) is -0.0601. The molecule has 0 N–H and O–H groups in total. The van der Waals surface area contributed by atoms with Crippen molar-refractivity contribution in [1.29, 1.82) is 0 Å². The quantitative estimate of drug-likeness (QED) is 0.715. The van der Waals surface area contributed by atoms with Gasteiger partial charge in [-0.25, -0.2) is 12.8 Å². The molecule has 0 spiro atoms. The van der Waals surface area contributed by atoms with Crippen molar-refractivity contribution in [3.8, 4) is 0 Å². The zero-order chi connectivity index (χ0) is 17.2. The van der Waals surface area contributed by atoms with Gasteiger partial charge in [-0.05, 0) is 48.0 Å². The van der Waals surface area contributed by atoms with Gasteiger partial charge >= 0.3 is 0 Å². The van der Waals surface area contributed by atoms with Crippen LogP contribution in [0.1, 0.15) is 0 Å². The maximum absolute atomic E-state index is 13.4. The monoisotopic (exact) mass is 395 g/mol. The third kappa shape index (κ3) is 4.14. The van der Waals surface area contributed by atoms with Crippen molar-refractivity contribution in [3.05, 3.63) is 58.3 Å². The van der Waals surface area contributed by atoms with Crippen LogP contribution in [0, 0.1) is 5.82 Å². The fourth-order valence-corrected chi connectivity index (χ4v) is 4.20. The number of nitrogens with zero attached hydrogens (tertiary/aromatic N) is 1. The molecular weight excluding hydrogens is 388 g/mol. The van der Waals surface area contributed by atoms with Crippen LogP contribution in [-0.2, 0) is 14.8 Å². The predicted octanol–water partition coefficient (Wildman–Crippen LogP) is 4.09. The number of halogens is 4. The van der Waals surface area contributed by atoms with E-state index >= 15 is 0 Å². The number of carbonyl (C=O) groups excluding carboxylic acids is 1. The van der Waals surface area contributed by atoms with Crippen LogP contribution in [0.4, 0.5) is 10.1 Å². The summed E-state index contributed by atoms with van der Waals surface area (Å²) >= 11 is 17.1. The molecule has 0 aliphatic heterocycles. The van der Waals surface area contributed by atoms with Gasteiger partial charge in [0, 0.05) is 5.02 Å². The third-order valence-corrected chi connectivity index (χ3v) is 5.44. The molecule has 0 aromatic heterocycles. The van der Waals surface area contributed by atoms with E-state index in [0.717, 1.165) is 18.2 Å². The minimum absolute atomic E-state index is 0.0601. The molecule has 122 valence electrons. The van der Waals surface area contributed by atoms with Crippen molar-refractivity contribution in [2.24, 2.45) is 0 Å². The molecule has 0 unspecified atom stereocenters. The number of hydrogen-bond donors (Lipinski definition) is 0. The molecule has 23 heavy (non-hydrogen) atoms. The molecule has 0 saturated heterocycles. The molecule has 4 nitrogen and oxygen atoms in total. The first-order chi connectivity index (χ1) is 10.7. The third-order valence-electron chi connectivity index (χ3n) is 2.83. The molecule has 0 saturated carbocycles. The molecule has 9 heteroatoms. The Balaban J connectivity index is 2.62. The van der Waals surface area contributed by atoms with E-state index in [1.54, 1.807) is 0 Å². The normalized spacial score (nSPS) is 11.3. The largest absolute Gasteiger partial charge is 0.279 e. The average Bonchev–Trinajstić information content (AvgIpc) is 2.47. The Morgan fingerprint density at radius 3 is 2.43 bits per heavy atom. The molecular formula is C14H9Cl3FNO3S. The molecule has 2 rings (SSSR count). The van der Waals surface area contributed by atoms with E-state index in [9.17, 15) is 17.6 Å². The number of benzene rings is 2. The number of carbonyl (C=O) groups is 1. The van der Waals surface area contributed by atoms with Crippen LogP contribution in [0.3, 0.4) is 0 Å². The van der Waals surface area contributed by atoms with Crippen molar-refractivity contribution in [2.45, 2.75) is 4.90 Å². The number of sulfonamides is 1. The lowest BCUT2D eigenvalue weighted by molar-refractivity contribution is -0.110. The van der Waals surface area contributed by atoms with Gasteiger partial charge in [0.15, 0.2) is 0 Å². The van der Waals surface area contributed by atoms with E-state index in [4.69, 9.17) is 34.8 Å². The van der Waals surface area contributed by atoms with Crippen molar-refractivity contribution in [1.82, 2.24) is 0 Å². The van der Waals surface area contributed by atoms with Gasteiger partial charge in [-0.2, -0.15) is 0 Å². The number of rotatable bonds is 5. The maximum atomic E-state index is 13.4. The second-order valence-electron chi connectivity index (χ2n) is 4.42. The molecule has 0 atom stereocenters. The SMILES string of the molecule is O=C(Cl)CN(c1cccc(F)c1)S(=O)(=O)c1cc(Cl)ccc1Cl. The van der Waals surface area contributed by atoms with Crippen LogP contribution in [0.2, 0.25) is 10.0 Å². The van der Waals surface area contributed by atoms with Crippen LogP contribution in [0.5, 0.6) is 0 Å². The molecule has 0 aliphatic rings. The van der Waals surface area contributed by atoms with Gasteiger partial charge in [0.2, 0.25) is 5.24 Å². The lowest BCUT2D eigenvalue weighted by Crippen LogP contribution is -2.34. The fraction of sp³-hybridized carbons (Fsp3) is 0.0714. The summed E-state index contributed by atoms with van der Waals surface area (Å²) in [6, 6.07) is 8.62. The molecule has 0 aliphatic carbocycles. The van der Waals surface area contributed by atoms with Crippen molar-refractivity contribution in [3.63, 3.8) is 0 Å². The minimum atomic E-state index is -4.27. The summed E-state index contributed by atoms with van der Waals surface area (Å²) in [7, 11) is -4.27.